The number of hydrogen-bond acceptors (Lipinski definition) is 1. The Morgan fingerprint density at radius 3 is 2.57 bits per heavy atom. The Bertz CT molecular complexity index is 463. The van der Waals surface area contributed by atoms with Crippen molar-refractivity contribution in [3.05, 3.63) is 47.8 Å². The van der Waals surface area contributed by atoms with Gasteiger partial charge in [0.1, 0.15) is 5.82 Å². The smallest absolute Gasteiger partial charge is 0.128 e. The second kappa shape index (κ2) is 3.39. The van der Waals surface area contributed by atoms with Crippen LogP contribution in [-0.2, 0) is 0 Å². The number of fused-ring (bicyclic) bond motifs is 1. The van der Waals surface area contributed by atoms with Crippen molar-refractivity contribution in [2.24, 2.45) is 5.73 Å². The molecular formula is C12H12FN. The van der Waals surface area contributed by atoms with Gasteiger partial charge in [-0.2, -0.15) is 0 Å². The molecule has 0 bridgehead atoms. The molecule has 1 unspecified atom stereocenters. The van der Waals surface area contributed by atoms with E-state index < -0.39 is 0 Å². The maximum Gasteiger partial charge on any atom is 0.128 e. The number of benzene rings is 2. The van der Waals surface area contributed by atoms with Crippen LogP contribution in [0.5, 0.6) is 0 Å². The Morgan fingerprint density at radius 2 is 1.86 bits per heavy atom. The SMILES string of the molecule is CC(N)c1c(F)ccc2ccccc12. The molecule has 0 heterocycles. The average molecular weight is 189 g/mol. The van der Waals surface area contributed by atoms with E-state index in [0.717, 1.165) is 10.8 Å². The summed E-state index contributed by atoms with van der Waals surface area (Å²) in [6.07, 6.45) is 0. The predicted octanol–water partition coefficient (Wildman–Crippen LogP) is 3.00. The van der Waals surface area contributed by atoms with Crippen molar-refractivity contribution in [1.29, 1.82) is 0 Å². The summed E-state index contributed by atoms with van der Waals surface area (Å²) in [6, 6.07) is 10.7. The molecule has 14 heavy (non-hydrogen) atoms. The normalized spacial score (nSPS) is 13.1. The van der Waals surface area contributed by atoms with E-state index in [2.05, 4.69) is 0 Å². The number of halogens is 1. The van der Waals surface area contributed by atoms with Gasteiger partial charge >= 0.3 is 0 Å². The van der Waals surface area contributed by atoms with Crippen molar-refractivity contribution in [1.82, 2.24) is 0 Å². The Hall–Kier alpha value is -1.41. The zero-order valence-corrected chi connectivity index (χ0v) is 8.00. The molecule has 2 N–H and O–H groups in total. The molecule has 0 aliphatic rings. The molecule has 0 spiro atoms. The molecule has 0 aromatic heterocycles. The van der Waals surface area contributed by atoms with E-state index in [0.29, 0.717) is 5.56 Å². The highest BCUT2D eigenvalue weighted by Crippen LogP contribution is 2.25. The Kier molecular flexibility index (Phi) is 2.22. The van der Waals surface area contributed by atoms with Gasteiger partial charge < -0.3 is 5.73 Å². The van der Waals surface area contributed by atoms with Gasteiger partial charge in [-0.15, -0.1) is 0 Å². The fraction of sp³-hybridized carbons (Fsp3) is 0.167. The number of rotatable bonds is 1. The molecule has 2 heteroatoms. The van der Waals surface area contributed by atoms with E-state index in [1.54, 1.807) is 13.0 Å². The minimum atomic E-state index is -0.277. The van der Waals surface area contributed by atoms with Gasteiger partial charge in [0.05, 0.1) is 0 Å². The lowest BCUT2D eigenvalue weighted by Gasteiger charge is -2.10. The van der Waals surface area contributed by atoms with E-state index in [1.165, 1.54) is 6.07 Å². The van der Waals surface area contributed by atoms with Gasteiger partial charge in [0.2, 0.25) is 0 Å². The van der Waals surface area contributed by atoms with Crippen LogP contribution >= 0.6 is 0 Å². The van der Waals surface area contributed by atoms with Crippen molar-refractivity contribution >= 4 is 10.8 Å². The summed E-state index contributed by atoms with van der Waals surface area (Å²) < 4.78 is 13.5. The molecule has 1 atom stereocenters. The third-order valence-electron chi connectivity index (χ3n) is 2.37. The summed E-state index contributed by atoms with van der Waals surface area (Å²) in [5, 5.41) is 1.93. The van der Waals surface area contributed by atoms with E-state index >= 15 is 0 Å². The maximum atomic E-state index is 13.5. The summed E-state index contributed by atoms with van der Waals surface area (Å²) in [6.45, 7) is 1.80. The fourth-order valence-electron chi connectivity index (χ4n) is 1.73. The summed E-state index contributed by atoms with van der Waals surface area (Å²) in [5.74, 6) is -0.223. The Morgan fingerprint density at radius 1 is 1.14 bits per heavy atom. The van der Waals surface area contributed by atoms with E-state index in [-0.39, 0.29) is 11.9 Å². The van der Waals surface area contributed by atoms with E-state index in [1.807, 2.05) is 24.3 Å². The minimum absolute atomic E-state index is 0.223. The molecule has 0 saturated heterocycles. The highest BCUT2D eigenvalue weighted by molar-refractivity contribution is 5.86. The lowest BCUT2D eigenvalue weighted by atomic mass is 9.99. The summed E-state index contributed by atoms with van der Waals surface area (Å²) in [7, 11) is 0. The van der Waals surface area contributed by atoms with Crippen LogP contribution in [0.3, 0.4) is 0 Å². The first-order valence-corrected chi connectivity index (χ1v) is 4.63. The van der Waals surface area contributed by atoms with Crippen molar-refractivity contribution < 1.29 is 4.39 Å². The highest BCUT2D eigenvalue weighted by Gasteiger charge is 2.10. The molecule has 0 aliphatic carbocycles. The number of nitrogens with two attached hydrogens (primary N) is 1. The van der Waals surface area contributed by atoms with Crippen LogP contribution < -0.4 is 5.73 Å². The molecule has 0 saturated carbocycles. The Balaban J connectivity index is 2.83. The Labute approximate surface area is 82.3 Å². The number of hydrogen-bond donors (Lipinski definition) is 1. The first-order valence-electron chi connectivity index (χ1n) is 4.63. The van der Waals surface area contributed by atoms with Crippen molar-refractivity contribution in [2.45, 2.75) is 13.0 Å². The van der Waals surface area contributed by atoms with Gasteiger partial charge in [-0.25, -0.2) is 4.39 Å². The third kappa shape index (κ3) is 1.38. The van der Waals surface area contributed by atoms with Gasteiger partial charge in [0, 0.05) is 11.6 Å². The summed E-state index contributed by atoms with van der Waals surface area (Å²) in [5.41, 5.74) is 6.34. The van der Waals surface area contributed by atoms with Crippen molar-refractivity contribution in [3.63, 3.8) is 0 Å². The van der Waals surface area contributed by atoms with Crippen LogP contribution in [0.4, 0.5) is 4.39 Å². The maximum absolute atomic E-state index is 13.5. The highest BCUT2D eigenvalue weighted by atomic mass is 19.1. The lowest BCUT2D eigenvalue weighted by Crippen LogP contribution is -2.08. The van der Waals surface area contributed by atoms with Gasteiger partial charge in [0.25, 0.3) is 0 Å². The molecule has 72 valence electrons. The lowest BCUT2D eigenvalue weighted by molar-refractivity contribution is 0.598. The quantitative estimate of drug-likeness (QED) is 0.733. The first kappa shape index (κ1) is 9.16. The second-order valence-corrected chi connectivity index (χ2v) is 3.47. The van der Waals surface area contributed by atoms with Crippen LogP contribution in [0.1, 0.15) is 18.5 Å². The third-order valence-corrected chi connectivity index (χ3v) is 2.37. The molecule has 0 radical (unpaired) electrons. The van der Waals surface area contributed by atoms with Crippen molar-refractivity contribution in [2.75, 3.05) is 0 Å². The molecule has 1 nitrogen and oxygen atoms in total. The van der Waals surface area contributed by atoms with Crippen LogP contribution in [0.15, 0.2) is 36.4 Å². The molecule has 2 aromatic rings. The molecule has 2 aromatic carbocycles. The van der Waals surface area contributed by atoms with Crippen LogP contribution in [0.25, 0.3) is 10.8 Å². The van der Waals surface area contributed by atoms with Gasteiger partial charge in [-0.1, -0.05) is 30.3 Å². The predicted molar refractivity (Wildman–Crippen MR) is 56.5 cm³/mol. The minimum Gasteiger partial charge on any atom is -0.324 e. The van der Waals surface area contributed by atoms with Gasteiger partial charge in [0.15, 0.2) is 0 Å². The van der Waals surface area contributed by atoms with Crippen LogP contribution in [0, 0.1) is 5.82 Å². The molecular weight excluding hydrogens is 177 g/mol. The average Bonchev–Trinajstić information content (AvgIpc) is 2.17. The van der Waals surface area contributed by atoms with E-state index in [9.17, 15) is 4.39 Å². The monoisotopic (exact) mass is 189 g/mol. The molecule has 0 fully saturated rings. The van der Waals surface area contributed by atoms with Gasteiger partial charge in [-0.3, -0.25) is 0 Å². The fourth-order valence-corrected chi connectivity index (χ4v) is 1.73. The topological polar surface area (TPSA) is 26.0 Å². The largest absolute Gasteiger partial charge is 0.324 e. The zero-order chi connectivity index (χ0) is 10.1. The van der Waals surface area contributed by atoms with Crippen LogP contribution in [-0.4, -0.2) is 0 Å². The summed E-state index contributed by atoms with van der Waals surface area (Å²) in [4.78, 5) is 0. The molecule has 2 rings (SSSR count). The van der Waals surface area contributed by atoms with Gasteiger partial charge in [-0.05, 0) is 23.8 Å². The summed E-state index contributed by atoms with van der Waals surface area (Å²) >= 11 is 0. The first-order chi connectivity index (χ1) is 6.70. The van der Waals surface area contributed by atoms with Crippen LogP contribution in [0.2, 0.25) is 0 Å². The standard InChI is InChI=1S/C12H12FN/c1-8(14)12-10-5-3-2-4-9(10)6-7-11(12)13/h2-8H,14H2,1H3. The zero-order valence-electron chi connectivity index (χ0n) is 8.00. The second-order valence-electron chi connectivity index (χ2n) is 3.47. The molecule has 0 amide bonds. The van der Waals surface area contributed by atoms with Crippen molar-refractivity contribution in [3.8, 4) is 0 Å². The molecule has 0 aliphatic heterocycles. The van der Waals surface area contributed by atoms with E-state index in [4.69, 9.17) is 5.73 Å².